The summed E-state index contributed by atoms with van der Waals surface area (Å²) in [6, 6.07) is 0. The zero-order valence-corrected chi connectivity index (χ0v) is 10.7. The van der Waals surface area contributed by atoms with E-state index in [-0.39, 0.29) is 10.8 Å². The molecule has 0 bridgehead atoms. The molecule has 0 amide bonds. The fraction of sp³-hybridized carbons (Fsp3) is 0.929. The predicted molar refractivity (Wildman–Crippen MR) is 67.7 cm³/mol. The Morgan fingerprint density at radius 2 is 1.41 bits per heavy atom. The normalized spacial score (nSPS) is 26.9. The third-order valence-corrected chi connectivity index (χ3v) is 5.38. The number of carboxylic acids is 1. The van der Waals surface area contributed by atoms with Gasteiger partial charge < -0.3 is 10.8 Å². The van der Waals surface area contributed by atoms with Gasteiger partial charge >= 0.3 is 5.97 Å². The van der Waals surface area contributed by atoms with Crippen LogP contribution in [0, 0.1) is 10.8 Å². The summed E-state index contributed by atoms with van der Waals surface area (Å²) >= 11 is 0. The molecular weight excluding hydrogens is 214 g/mol. The maximum absolute atomic E-state index is 11.2. The average Bonchev–Trinajstić information content (AvgIpc) is 2.79. The van der Waals surface area contributed by atoms with Gasteiger partial charge in [-0.2, -0.15) is 0 Å². The molecular formula is C14H25NO2. The molecule has 0 atom stereocenters. The minimum absolute atomic E-state index is 0.00794. The van der Waals surface area contributed by atoms with E-state index < -0.39 is 5.97 Å². The van der Waals surface area contributed by atoms with Crippen LogP contribution in [0.25, 0.3) is 0 Å². The average molecular weight is 239 g/mol. The summed E-state index contributed by atoms with van der Waals surface area (Å²) in [6.45, 7) is 0.681. The molecule has 0 aliphatic heterocycles. The SMILES string of the molecule is NCC1(C2(CC(=O)O)CCCC2)CCCCC1. The maximum Gasteiger partial charge on any atom is 0.303 e. The highest BCUT2D eigenvalue weighted by Gasteiger charge is 2.52. The highest BCUT2D eigenvalue weighted by atomic mass is 16.4. The quantitative estimate of drug-likeness (QED) is 0.792. The standard InChI is InChI=1S/C14H25NO2/c15-11-14(8-2-1-3-9-14)13(10-12(16)17)6-4-5-7-13/h1-11,15H2,(H,16,17). The molecule has 2 saturated carbocycles. The first kappa shape index (κ1) is 12.9. The van der Waals surface area contributed by atoms with Gasteiger partial charge in [0.15, 0.2) is 0 Å². The largest absolute Gasteiger partial charge is 0.481 e. The van der Waals surface area contributed by atoms with Gasteiger partial charge in [-0.25, -0.2) is 0 Å². The third kappa shape index (κ3) is 2.22. The van der Waals surface area contributed by atoms with E-state index in [2.05, 4.69) is 0 Å². The van der Waals surface area contributed by atoms with Crippen molar-refractivity contribution in [3.8, 4) is 0 Å². The Morgan fingerprint density at radius 3 is 1.88 bits per heavy atom. The van der Waals surface area contributed by atoms with Gasteiger partial charge in [-0.3, -0.25) is 4.79 Å². The van der Waals surface area contributed by atoms with Gasteiger partial charge in [0.25, 0.3) is 0 Å². The Labute approximate surface area is 104 Å². The van der Waals surface area contributed by atoms with E-state index in [4.69, 9.17) is 5.73 Å². The Kier molecular flexibility index (Phi) is 3.76. The van der Waals surface area contributed by atoms with Crippen LogP contribution in [0.5, 0.6) is 0 Å². The topological polar surface area (TPSA) is 63.3 Å². The van der Waals surface area contributed by atoms with Crippen LogP contribution < -0.4 is 5.73 Å². The molecule has 2 aliphatic carbocycles. The van der Waals surface area contributed by atoms with Crippen molar-refractivity contribution in [2.75, 3.05) is 6.54 Å². The Balaban J connectivity index is 2.25. The minimum atomic E-state index is -0.634. The molecule has 3 heteroatoms. The summed E-state index contributed by atoms with van der Waals surface area (Å²) in [5.74, 6) is -0.634. The summed E-state index contributed by atoms with van der Waals surface area (Å²) in [4.78, 5) is 11.2. The first-order valence-electron chi connectivity index (χ1n) is 7.06. The predicted octanol–water partition coefficient (Wildman–Crippen LogP) is 2.93. The van der Waals surface area contributed by atoms with Crippen LogP contribution in [0.3, 0.4) is 0 Å². The molecule has 3 N–H and O–H groups in total. The summed E-state index contributed by atoms with van der Waals surface area (Å²) in [6.07, 6.45) is 10.9. The molecule has 2 aliphatic rings. The van der Waals surface area contributed by atoms with Gasteiger partial charge in [0.1, 0.15) is 0 Å². The van der Waals surface area contributed by atoms with E-state index in [1.807, 2.05) is 0 Å². The maximum atomic E-state index is 11.2. The number of nitrogens with two attached hydrogens (primary N) is 1. The lowest BCUT2D eigenvalue weighted by Crippen LogP contribution is -2.48. The number of aliphatic carboxylic acids is 1. The lowest BCUT2D eigenvalue weighted by Gasteiger charge is -2.50. The zero-order valence-electron chi connectivity index (χ0n) is 10.7. The van der Waals surface area contributed by atoms with E-state index in [0.717, 1.165) is 25.7 Å². The molecule has 0 spiro atoms. The number of carbonyl (C=O) groups is 1. The van der Waals surface area contributed by atoms with Gasteiger partial charge in [-0.15, -0.1) is 0 Å². The van der Waals surface area contributed by atoms with Crippen LogP contribution in [0.15, 0.2) is 0 Å². The van der Waals surface area contributed by atoms with Crippen molar-refractivity contribution in [1.82, 2.24) is 0 Å². The smallest absolute Gasteiger partial charge is 0.303 e. The van der Waals surface area contributed by atoms with Crippen molar-refractivity contribution in [3.63, 3.8) is 0 Å². The number of hydrogen-bond acceptors (Lipinski definition) is 2. The van der Waals surface area contributed by atoms with Gasteiger partial charge in [0.2, 0.25) is 0 Å². The molecule has 2 rings (SSSR count). The fourth-order valence-electron chi connectivity index (χ4n) is 4.42. The number of rotatable bonds is 4. The van der Waals surface area contributed by atoms with Crippen molar-refractivity contribution in [1.29, 1.82) is 0 Å². The number of carboxylic acid groups (broad SMARTS) is 1. The Morgan fingerprint density at radius 1 is 0.941 bits per heavy atom. The van der Waals surface area contributed by atoms with Crippen molar-refractivity contribution < 1.29 is 9.90 Å². The van der Waals surface area contributed by atoms with E-state index in [1.165, 1.54) is 32.1 Å². The molecule has 0 saturated heterocycles. The molecule has 0 radical (unpaired) electrons. The van der Waals surface area contributed by atoms with Crippen LogP contribution in [0.2, 0.25) is 0 Å². The van der Waals surface area contributed by atoms with Crippen molar-refractivity contribution in [2.24, 2.45) is 16.6 Å². The molecule has 0 unspecified atom stereocenters. The van der Waals surface area contributed by atoms with E-state index in [9.17, 15) is 9.90 Å². The van der Waals surface area contributed by atoms with Crippen molar-refractivity contribution in [3.05, 3.63) is 0 Å². The molecule has 98 valence electrons. The van der Waals surface area contributed by atoms with Crippen LogP contribution in [0.4, 0.5) is 0 Å². The van der Waals surface area contributed by atoms with Crippen LogP contribution in [-0.4, -0.2) is 17.6 Å². The van der Waals surface area contributed by atoms with Crippen LogP contribution >= 0.6 is 0 Å². The molecule has 3 nitrogen and oxygen atoms in total. The first-order valence-corrected chi connectivity index (χ1v) is 7.06. The second kappa shape index (κ2) is 4.97. The minimum Gasteiger partial charge on any atom is -0.481 e. The second-order valence-electron chi connectivity index (χ2n) is 6.10. The first-order chi connectivity index (χ1) is 8.14. The van der Waals surface area contributed by atoms with E-state index >= 15 is 0 Å². The number of hydrogen-bond donors (Lipinski definition) is 2. The molecule has 0 aromatic heterocycles. The summed E-state index contributed by atoms with van der Waals surface area (Å²) in [5.41, 5.74) is 6.22. The highest BCUT2D eigenvalue weighted by molar-refractivity contribution is 5.68. The summed E-state index contributed by atoms with van der Waals surface area (Å²) in [7, 11) is 0. The van der Waals surface area contributed by atoms with Gasteiger partial charge in [-0.1, -0.05) is 32.1 Å². The highest BCUT2D eigenvalue weighted by Crippen LogP contribution is 2.59. The lowest BCUT2D eigenvalue weighted by molar-refractivity contribution is -0.143. The molecule has 17 heavy (non-hydrogen) atoms. The van der Waals surface area contributed by atoms with Crippen molar-refractivity contribution in [2.45, 2.75) is 64.2 Å². The van der Waals surface area contributed by atoms with Crippen molar-refractivity contribution >= 4 is 5.97 Å². The fourth-order valence-corrected chi connectivity index (χ4v) is 4.42. The van der Waals surface area contributed by atoms with E-state index in [1.54, 1.807) is 0 Å². The van der Waals surface area contributed by atoms with Crippen LogP contribution in [0.1, 0.15) is 64.2 Å². The molecule has 2 fully saturated rings. The third-order valence-electron chi connectivity index (χ3n) is 5.38. The summed E-state index contributed by atoms with van der Waals surface area (Å²) < 4.78 is 0. The Hall–Kier alpha value is -0.570. The second-order valence-corrected chi connectivity index (χ2v) is 6.10. The molecule has 0 aromatic carbocycles. The van der Waals surface area contributed by atoms with Crippen LogP contribution in [-0.2, 0) is 4.79 Å². The lowest BCUT2D eigenvalue weighted by atomic mass is 9.55. The monoisotopic (exact) mass is 239 g/mol. The summed E-state index contributed by atoms with van der Waals surface area (Å²) in [5, 5.41) is 9.24. The molecule has 0 heterocycles. The zero-order chi connectivity index (χ0) is 12.4. The van der Waals surface area contributed by atoms with E-state index in [0.29, 0.717) is 13.0 Å². The van der Waals surface area contributed by atoms with Gasteiger partial charge in [-0.05, 0) is 43.1 Å². The molecule has 0 aromatic rings. The van der Waals surface area contributed by atoms with Gasteiger partial charge in [0.05, 0.1) is 6.42 Å². The Bertz CT molecular complexity index is 276. The van der Waals surface area contributed by atoms with Gasteiger partial charge in [0, 0.05) is 0 Å².